The average molecular weight is 297 g/mol. The summed E-state index contributed by atoms with van der Waals surface area (Å²) in [5.41, 5.74) is 0.954. The topological polar surface area (TPSA) is 75.4 Å². The molecular formula is C14H23N3O2S. The number of nitrogens with zero attached hydrogens (tertiary/aromatic N) is 1. The fraction of sp³-hybridized carbons (Fsp3) is 0.571. The van der Waals surface area contributed by atoms with Crippen LogP contribution in [0.15, 0.2) is 29.2 Å². The van der Waals surface area contributed by atoms with E-state index in [0.717, 1.165) is 31.5 Å². The maximum atomic E-state index is 11.4. The second-order valence-corrected chi connectivity index (χ2v) is 7.14. The van der Waals surface area contributed by atoms with Crippen LogP contribution in [0.2, 0.25) is 0 Å². The fourth-order valence-corrected chi connectivity index (χ4v) is 3.15. The summed E-state index contributed by atoms with van der Waals surface area (Å²) < 4.78 is 22.8. The van der Waals surface area contributed by atoms with Gasteiger partial charge in [0, 0.05) is 12.1 Å². The van der Waals surface area contributed by atoms with Crippen molar-refractivity contribution in [3.63, 3.8) is 0 Å². The van der Waals surface area contributed by atoms with Crippen LogP contribution in [0.3, 0.4) is 0 Å². The average Bonchev–Trinajstić information content (AvgIpc) is 2.40. The Hall–Kier alpha value is -0.950. The third kappa shape index (κ3) is 4.02. The summed E-state index contributed by atoms with van der Waals surface area (Å²) in [5, 5.41) is 8.74. The molecule has 0 aliphatic carbocycles. The predicted molar refractivity (Wildman–Crippen MR) is 79.9 cm³/mol. The van der Waals surface area contributed by atoms with E-state index in [-0.39, 0.29) is 10.9 Å². The predicted octanol–water partition coefficient (Wildman–Crippen LogP) is 1.08. The third-order valence-electron chi connectivity index (χ3n) is 3.89. The zero-order chi connectivity index (χ0) is 14.8. The first-order valence-corrected chi connectivity index (χ1v) is 8.48. The van der Waals surface area contributed by atoms with Gasteiger partial charge < -0.3 is 10.2 Å². The van der Waals surface area contributed by atoms with E-state index in [1.165, 1.54) is 6.07 Å². The lowest BCUT2D eigenvalue weighted by Crippen LogP contribution is -2.41. The van der Waals surface area contributed by atoms with Crippen LogP contribution in [-0.2, 0) is 10.0 Å². The molecule has 5 nitrogen and oxygen atoms in total. The van der Waals surface area contributed by atoms with Gasteiger partial charge >= 0.3 is 0 Å². The molecule has 1 fully saturated rings. The van der Waals surface area contributed by atoms with Gasteiger partial charge in [-0.25, -0.2) is 13.6 Å². The Morgan fingerprint density at radius 2 is 2.00 bits per heavy atom. The lowest BCUT2D eigenvalue weighted by molar-refractivity contribution is 0.226. The van der Waals surface area contributed by atoms with Crippen molar-refractivity contribution in [2.45, 2.75) is 36.7 Å². The van der Waals surface area contributed by atoms with Gasteiger partial charge in [-0.15, -0.1) is 0 Å². The van der Waals surface area contributed by atoms with Crippen LogP contribution in [-0.4, -0.2) is 39.5 Å². The molecule has 0 aromatic heterocycles. The maximum Gasteiger partial charge on any atom is 0.238 e. The van der Waals surface area contributed by atoms with Gasteiger partial charge in [0.1, 0.15) is 0 Å². The molecule has 6 heteroatoms. The van der Waals surface area contributed by atoms with Crippen molar-refractivity contribution in [1.29, 1.82) is 0 Å². The van der Waals surface area contributed by atoms with E-state index in [1.807, 2.05) is 6.07 Å². The second-order valence-electron chi connectivity index (χ2n) is 5.58. The molecule has 20 heavy (non-hydrogen) atoms. The van der Waals surface area contributed by atoms with E-state index >= 15 is 0 Å². The molecule has 1 aromatic rings. The smallest absolute Gasteiger partial charge is 0.238 e. The van der Waals surface area contributed by atoms with E-state index in [9.17, 15) is 8.42 Å². The van der Waals surface area contributed by atoms with Crippen molar-refractivity contribution in [3.8, 4) is 0 Å². The molecule has 1 heterocycles. The molecule has 0 bridgehead atoms. The number of nitrogens with one attached hydrogen (secondary N) is 1. The summed E-state index contributed by atoms with van der Waals surface area (Å²) in [5.74, 6) is 0. The van der Waals surface area contributed by atoms with Gasteiger partial charge in [0.05, 0.1) is 4.90 Å². The van der Waals surface area contributed by atoms with Crippen LogP contribution < -0.4 is 10.5 Å². The molecule has 2 rings (SSSR count). The highest BCUT2D eigenvalue weighted by molar-refractivity contribution is 7.89. The number of primary sulfonamides is 1. The molecular weight excluding hydrogens is 274 g/mol. The first-order chi connectivity index (χ1) is 9.36. The molecule has 3 N–H and O–H groups in total. The SMILES string of the molecule is CC(NC1CCN(C)CC1)c1cccc(S(N)(=O)=O)c1. The van der Waals surface area contributed by atoms with Gasteiger partial charge in [0.2, 0.25) is 10.0 Å². The lowest BCUT2D eigenvalue weighted by atomic mass is 10.0. The number of piperidine rings is 1. The Morgan fingerprint density at radius 3 is 2.60 bits per heavy atom. The van der Waals surface area contributed by atoms with Crippen molar-refractivity contribution in [2.24, 2.45) is 5.14 Å². The van der Waals surface area contributed by atoms with Crippen LogP contribution in [0, 0.1) is 0 Å². The van der Waals surface area contributed by atoms with E-state index in [1.54, 1.807) is 12.1 Å². The van der Waals surface area contributed by atoms with Gasteiger partial charge in [0.25, 0.3) is 0 Å². The highest BCUT2D eigenvalue weighted by Crippen LogP contribution is 2.19. The molecule has 0 spiro atoms. The van der Waals surface area contributed by atoms with E-state index in [2.05, 4.69) is 24.2 Å². The van der Waals surface area contributed by atoms with Gasteiger partial charge in [0.15, 0.2) is 0 Å². The first kappa shape index (κ1) is 15.4. The molecule has 112 valence electrons. The Kier molecular flexibility index (Phi) is 4.80. The van der Waals surface area contributed by atoms with E-state index in [4.69, 9.17) is 5.14 Å². The Bertz CT molecular complexity index is 551. The van der Waals surface area contributed by atoms with Crippen LogP contribution in [0.1, 0.15) is 31.4 Å². The minimum absolute atomic E-state index is 0.116. The minimum atomic E-state index is -3.63. The van der Waals surface area contributed by atoms with Crippen LogP contribution in [0.4, 0.5) is 0 Å². The van der Waals surface area contributed by atoms with Gasteiger partial charge in [-0.3, -0.25) is 0 Å². The maximum absolute atomic E-state index is 11.4. The van der Waals surface area contributed by atoms with Crippen molar-refractivity contribution >= 4 is 10.0 Å². The molecule has 0 amide bonds. The largest absolute Gasteiger partial charge is 0.307 e. The van der Waals surface area contributed by atoms with Gasteiger partial charge in [-0.1, -0.05) is 12.1 Å². The summed E-state index contributed by atoms with van der Waals surface area (Å²) in [6, 6.07) is 7.45. The van der Waals surface area contributed by atoms with Crippen LogP contribution in [0.25, 0.3) is 0 Å². The molecule has 1 atom stereocenters. The monoisotopic (exact) mass is 297 g/mol. The van der Waals surface area contributed by atoms with Crippen molar-refractivity contribution in [3.05, 3.63) is 29.8 Å². The summed E-state index contributed by atoms with van der Waals surface area (Å²) in [6.45, 7) is 4.25. The lowest BCUT2D eigenvalue weighted by Gasteiger charge is -2.31. The number of hydrogen-bond donors (Lipinski definition) is 2. The van der Waals surface area contributed by atoms with Crippen molar-refractivity contribution < 1.29 is 8.42 Å². The Labute approximate surface area is 121 Å². The molecule has 1 aromatic carbocycles. The highest BCUT2D eigenvalue weighted by atomic mass is 32.2. The zero-order valence-electron chi connectivity index (χ0n) is 12.0. The summed E-state index contributed by atoms with van der Waals surface area (Å²) in [4.78, 5) is 2.50. The normalized spacial score (nSPS) is 19.9. The standard InChI is InChI=1S/C14H23N3O2S/c1-11(16-13-6-8-17(2)9-7-13)12-4-3-5-14(10-12)20(15,18)19/h3-5,10-11,13,16H,6-9H2,1-2H3,(H2,15,18,19). The molecule has 0 saturated carbocycles. The van der Waals surface area contributed by atoms with Crippen LogP contribution >= 0.6 is 0 Å². The van der Waals surface area contributed by atoms with Gasteiger partial charge in [-0.05, 0) is 57.6 Å². The van der Waals surface area contributed by atoms with Crippen LogP contribution in [0.5, 0.6) is 0 Å². The minimum Gasteiger partial charge on any atom is -0.307 e. The molecule has 1 aliphatic heterocycles. The fourth-order valence-electron chi connectivity index (χ4n) is 2.59. The number of likely N-dealkylation sites (tertiary alicyclic amines) is 1. The summed E-state index contributed by atoms with van der Waals surface area (Å²) in [7, 11) is -1.50. The van der Waals surface area contributed by atoms with Crippen molar-refractivity contribution in [1.82, 2.24) is 10.2 Å². The number of rotatable bonds is 4. The quantitative estimate of drug-likeness (QED) is 0.872. The van der Waals surface area contributed by atoms with E-state index in [0.29, 0.717) is 6.04 Å². The summed E-state index contributed by atoms with van der Waals surface area (Å²) >= 11 is 0. The molecule has 1 saturated heterocycles. The Balaban J connectivity index is 2.04. The molecule has 1 aliphatic rings. The molecule has 0 radical (unpaired) electrons. The third-order valence-corrected chi connectivity index (χ3v) is 4.80. The van der Waals surface area contributed by atoms with Gasteiger partial charge in [-0.2, -0.15) is 0 Å². The van der Waals surface area contributed by atoms with Crippen molar-refractivity contribution in [2.75, 3.05) is 20.1 Å². The number of nitrogens with two attached hydrogens (primary N) is 1. The van der Waals surface area contributed by atoms with E-state index < -0.39 is 10.0 Å². The summed E-state index contributed by atoms with van der Waals surface area (Å²) in [6.07, 6.45) is 2.24. The first-order valence-electron chi connectivity index (χ1n) is 6.93. The number of hydrogen-bond acceptors (Lipinski definition) is 4. The number of sulfonamides is 1. The Morgan fingerprint density at radius 1 is 1.35 bits per heavy atom. The highest BCUT2D eigenvalue weighted by Gasteiger charge is 2.19. The number of benzene rings is 1. The molecule has 1 unspecified atom stereocenters. The second kappa shape index (κ2) is 6.22. The zero-order valence-corrected chi connectivity index (χ0v) is 12.9.